The summed E-state index contributed by atoms with van der Waals surface area (Å²) in [7, 11) is -4.45. The first-order valence-electron chi connectivity index (χ1n) is 14.2. The zero-order valence-corrected chi connectivity index (χ0v) is 26.7. The van der Waals surface area contributed by atoms with Crippen molar-refractivity contribution in [2.24, 2.45) is 10.7 Å². The molecule has 0 aliphatic carbocycles. The molecular formula is C29H33F3N6O8S. The number of halogens is 3. The molecule has 0 saturated carbocycles. The molecule has 1 saturated heterocycles. The highest BCUT2D eigenvalue weighted by Gasteiger charge is 2.36. The minimum atomic E-state index is -4.72. The van der Waals surface area contributed by atoms with Gasteiger partial charge >= 0.3 is 18.2 Å². The van der Waals surface area contributed by atoms with Gasteiger partial charge in [0.05, 0.1) is 33.2 Å². The maximum absolute atomic E-state index is 13.5. The lowest BCUT2D eigenvalue weighted by Gasteiger charge is -2.20. The molecule has 1 fully saturated rings. The first-order chi connectivity index (χ1) is 22.0. The van der Waals surface area contributed by atoms with Gasteiger partial charge in [-0.1, -0.05) is 29.8 Å². The van der Waals surface area contributed by atoms with Crippen molar-refractivity contribution < 1.29 is 50.5 Å². The molecule has 0 bridgehead atoms. The second-order valence-corrected chi connectivity index (χ2v) is 13.3. The molecule has 18 heteroatoms. The standard InChI is InChI=1S/C29H33F3N6O8S/c1-19-7-9-20(10-8-19)24-16-25(29(30,31)32)33-37(24)21-11-13-23(14-12-21)47(42,43)34-27(40)44-17-22-6-5-15-36(22)38(41)35-46-18-45-26(39)28(2,3)4/h7-14,16,22H,5-6,15,17-18H2,1-4H3,(H,34,40)/b38-35-/t22-/m0/s1. The van der Waals surface area contributed by atoms with E-state index < -0.39 is 52.2 Å². The van der Waals surface area contributed by atoms with Crippen LogP contribution in [-0.2, 0) is 35.3 Å². The second-order valence-electron chi connectivity index (χ2n) is 11.6. The number of sulfonamides is 1. The average molecular weight is 683 g/mol. The third-order valence-electron chi connectivity index (χ3n) is 6.91. The van der Waals surface area contributed by atoms with E-state index in [1.807, 2.05) is 6.92 Å². The summed E-state index contributed by atoms with van der Waals surface area (Å²) in [6.45, 7) is 6.04. The fourth-order valence-electron chi connectivity index (χ4n) is 4.41. The predicted octanol–water partition coefficient (Wildman–Crippen LogP) is 5.10. The van der Waals surface area contributed by atoms with Gasteiger partial charge in [-0.15, -0.1) is 5.01 Å². The molecule has 2 heterocycles. The van der Waals surface area contributed by atoms with Crippen LogP contribution in [0.1, 0.15) is 44.9 Å². The largest absolute Gasteiger partial charge is 0.569 e. The lowest BCUT2D eigenvalue weighted by atomic mass is 9.98. The van der Waals surface area contributed by atoms with Gasteiger partial charge < -0.3 is 19.5 Å². The third kappa shape index (κ3) is 8.90. The number of aromatic nitrogens is 2. The molecular weight excluding hydrogens is 649 g/mol. The van der Waals surface area contributed by atoms with E-state index in [9.17, 15) is 36.4 Å². The maximum Gasteiger partial charge on any atom is 0.435 e. The smallest absolute Gasteiger partial charge is 0.435 e. The molecule has 1 aliphatic heterocycles. The van der Waals surface area contributed by atoms with Gasteiger partial charge in [0.1, 0.15) is 12.6 Å². The number of carbonyl (C=O) groups excluding carboxylic acids is 2. The second kappa shape index (κ2) is 13.9. The molecule has 0 radical (unpaired) electrons. The molecule has 0 unspecified atom stereocenters. The van der Waals surface area contributed by atoms with Crippen LogP contribution in [0.5, 0.6) is 0 Å². The summed E-state index contributed by atoms with van der Waals surface area (Å²) in [5.74, 6) is -0.556. The zero-order chi connectivity index (χ0) is 34.6. The molecule has 1 amide bonds. The van der Waals surface area contributed by atoms with Crippen LogP contribution in [0.3, 0.4) is 0 Å². The van der Waals surface area contributed by atoms with Crippen molar-refractivity contribution in [2.45, 2.75) is 57.7 Å². The number of amides is 1. The van der Waals surface area contributed by atoms with E-state index in [0.29, 0.717) is 18.4 Å². The Hall–Kier alpha value is -4.87. The van der Waals surface area contributed by atoms with E-state index in [2.05, 4.69) is 10.4 Å². The number of nitrogens with one attached hydrogen (secondary N) is 1. The molecule has 1 aliphatic rings. The number of benzene rings is 2. The number of hydrogen-bond donors (Lipinski definition) is 1. The Morgan fingerprint density at radius 3 is 2.36 bits per heavy atom. The Labute approximate surface area is 268 Å². The van der Waals surface area contributed by atoms with Crippen LogP contribution < -0.4 is 4.72 Å². The number of rotatable bonds is 10. The van der Waals surface area contributed by atoms with Crippen molar-refractivity contribution in [3.8, 4) is 16.9 Å². The summed E-state index contributed by atoms with van der Waals surface area (Å²) in [6, 6.07) is 11.7. The van der Waals surface area contributed by atoms with Gasteiger partial charge in [0, 0.05) is 5.56 Å². The topological polar surface area (TPSA) is 167 Å². The number of ether oxygens (including phenoxy) is 2. The highest BCUT2D eigenvalue weighted by atomic mass is 32.2. The lowest BCUT2D eigenvalue weighted by molar-refractivity contribution is -0.715. The molecule has 47 heavy (non-hydrogen) atoms. The first kappa shape index (κ1) is 35.0. The molecule has 14 nitrogen and oxygen atoms in total. The van der Waals surface area contributed by atoms with Crippen LogP contribution in [0.2, 0.25) is 0 Å². The van der Waals surface area contributed by atoms with E-state index in [1.165, 1.54) is 17.1 Å². The molecule has 254 valence electrons. The van der Waals surface area contributed by atoms with Gasteiger partial charge in [0.2, 0.25) is 5.28 Å². The number of aryl methyl sites for hydroxylation is 1. The van der Waals surface area contributed by atoms with Crippen LogP contribution >= 0.6 is 0 Å². The summed E-state index contributed by atoms with van der Waals surface area (Å²) in [5.41, 5.74) is -0.256. The molecule has 4 rings (SSSR count). The monoisotopic (exact) mass is 682 g/mol. The summed E-state index contributed by atoms with van der Waals surface area (Å²) in [4.78, 5) is 28.7. The Morgan fingerprint density at radius 1 is 1.09 bits per heavy atom. The Bertz CT molecular complexity index is 1720. The third-order valence-corrected chi connectivity index (χ3v) is 8.24. The summed E-state index contributed by atoms with van der Waals surface area (Å²) in [6.07, 6.45) is -5.07. The van der Waals surface area contributed by atoms with Crippen molar-refractivity contribution in [3.05, 3.63) is 71.1 Å². The molecule has 1 atom stereocenters. The predicted molar refractivity (Wildman–Crippen MR) is 158 cm³/mol. The number of esters is 1. The zero-order valence-electron chi connectivity index (χ0n) is 25.9. The quantitative estimate of drug-likeness (QED) is 0.0759. The van der Waals surface area contributed by atoms with E-state index in [1.54, 1.807) is 49.8 Å². The Morgan fingerprint density at radius 2 is 1.74 bits per heavy atom. The van der Waals surface area contributed by atoms with Gasteiger partial charge in [0.25, 0.3) is 16.8 Å². The molecule has 1 N–H and O–H groups in total. The van der Waals surface area contributed by atoms with E-state index in [0.717, 1.165) is 28.4 Å². The van der Waals surface area contributed by atoms with Crippen molar-refractivity contribution in [2.75, 3.05) is 19.9 Å². The number of carbonyl (C=O) groups is 2. The van der Waals surface area contributed by atoms with Crippen LogP contribution in [0.15, 0.2) is 64.8 Å². The van der Waals surface area contributed by atoms with Crippen LogP contribution in [0, 0.1) is 17.5 Å². The summed E-state index contributed by atoms with van der Waals surface area (Å²) in [5, 5.41) is 20.6. The van der Waals surface area contributed by atoms with Gasteiger partial charge in [-0.2, -0.15) is 18.3 Å². The molecule has 2 aromatic carbocycles. The fourth-order valence-corrected chi connectivity index (χ4v) is 5.30. The minimum absolute atomic E-state index is 0.129. The maximum atomic E-state index is 13.5. The SMILES string of the molecule is Cc1ccc(-c2cc(C(F)(F)F)nn2-c2ccc(S(=O)(=O)NC(=O)OC[C@@H]3CCCN3/[N+]([O-])=N/OCOC(=O)C(C)(C)C)cc2)cc1. The Balaban J connectivity index is 1.38. The summed E-state index contributed by atoms with van der Waals surface area (Å²) >= 11 is 0. The van der Waals surface area contributed by atoms with Crippen molar-refractivity contribution in [1.29, 1.82) is 0 Å². The lowest BCUT2D eigenvalue weighted by Crippen LogP contribution is -2.40. The fraction of sp³-hybridized carbons (Fsp3) is 0.414. The molecule has 1 aromatic heterocycles. The van der Waals surface area contributed by atoms with Crippen molar-refractivity contribution in [1.82, 2.24) is 19.5 Å². The number of hydrogen-bond acceptors (Lipinski definition) is 10. The van der Waals surface area contributed by atoms with Gasteiger partial charge in [-0.05, 0) is 70.9 Å². The number of nitrogens with zero attached hydrogens (tertiary/aromatic N) is 5. The van der Waals surface area contributed by atoms with Gasteiger partial charge in [0.15, 0.2) is 5.69 Å². The van der Waals surface area contributed by atoms with Crippen LogP contribution in [0.4, 0.5) is 18.0 Å². The van der Waals surface area contributed by atoms with E-state index in [4.69, 9.17) is 14.3 Å². The molecule has 3 aromatic rings. The first-order valence-corrected chi connectivity index (χ1v) is 15.7. The van der Waals surface area contributed by atoms with Crippen molar-refractivity contribution >= 4 is 22.1 Å². The van der Waals surface area contributed by atoms with Crippen LogP contribution in [0.25, 0.3) is 16.9 Å². The average Bonchev–Trinajstić information content (AvgIpc) is 3.66. The number of hydrazine groups is 1. The Kier molecular flexibility index (Phi) is 10.3. The summed E-state index contributed by atoms with van der Waals surface area (Å²) < 4.78 is 79.0. The van der Waals surface area contributed by atoms with Gasteiger partial charge in [-0.25, -0.2) is 22.6 Å². The minimum Gasteiger partial charge on any atom is -0.569 e. The highest BCUT2D eigenvalue weighted by Crippen LogP contribution is 2.33. The van der Waals surface area contributed by atoms with Crippen molar-refractivity contribution in [3.63, 3.8) is 0 Å². The van der Waals surface area contributed by atoms with Gasteiger partial charge in [-0.3, -0.25) is 4.79 Å². The highest BCUT2D eigenvalue weighted by molar-refractivity contribution is 7.90. The number of alkyl halides is 3. The van der Waals surface area contributed by atoms with E-state index in [-0.39, 0.29) is 34.4 Å². The van der Waals surface area contributed by atoms with E-state index >= 15 is 0 Å². The normalized spacial score (nSPS) is 15.8. The molecule has 0 spiro atoms. The van der Waals surface area contributed by atoms with Crippen LogP contribution in [-0.4, -0.2) is 66.2 Å².